The molecule has 1 unspecified atom stereocenters. The number of aliphatic hydroxyl groups is 1. The van der Waals surface area contributed by atoms with Crippen LogP contribution in [0.4, 0.5) is 13.2 Å². The van der Waals surface area contributed by atoms with E-state index in [4.69, 9.17) is 11.6 Å². The number of alkyl halides is 3. The van der Waals surface area contributed by atoms with Gasteiger partial charge in [0.15, 0.2) is 0 Å². The van der Waals surface area contributed by atoms with E-state index < -0.39 is 12.5 Å². The maximum absolute atomic E-state index is 12.0. The number of benzene rings is 1. The minimum absolute atomic E-state index is 0.326. The number of ether oxygens (including phenoxy) is 1. The molecule has 0 aliphatic rings. The second kappa shape index (κ2) is 5.40. The van der Waals surface area contributed by atoms with Crippen molar-refractivity contribution in [3.05, 3.63) is 51.2 Å². The van der Waals surface area contributed by atoms with Crippen molar-refractivity contribution in [2.45, 2.75) is 12.5 Å². The summed E-state index contributed by atoms with van der Waals surface area (Å²) in [6, 6.07) is 8.37. The first-order valence-corrected chi connectivity index (χ1v) is 6.33. The second-order valence-electron chi connectivity index (χ2n) is 3.66. The Bertz CT molecular complexity index is 551. The molecule has 19 heavy (non-hydrogen) atoms. The summed E-state index contributed by atoms with van der Waals surface area (Å²) >= 11 is 6.96. The molecule has 0 radical (unpaired) electrons. The van der Waals surface area contributed by atoms with Crippen molar-refractivity contribution in [2.24, 2.45) is 0 Å². The lowest BCUT2D eigenvalue weighted by molar-refractivity contribution is -0.274. The van der Waals surface area contributed by atoms with Crippen LogP contribution in [-0.4, -0.2) is 11.5 Å². The molecule has 0 spiro atoms. The largest absolute Gasteiger partial charge is 0.573 e. The third-order valence-corrected chi connectivity index (χ3v) is 3.58. The van der Waals surface area contributed by atoms with Crippen LogP contribution in [0.25, 0.3) is 0 Å². The quantitative estimate of drug-likeness (QED) is 0.911. The maximum Gasteiger partial charge on any atom is 0.573 e. The average Bonchev–Trinajstić information content (AvgIpc) is 2.74. The van der Waals surface area contributed by atoms with Crippen LogP contribution in [0.1, 0.15) is 16.5 Å². The molecular formula is C12H8ClF3O2S. The van der Waals surface area contributed by atoms with Gasteiger partial charge in [-0.25, -0.2) is 0 Å². The zero-order chi connectivity index (χ0) is 14.0. The van der Waals surface area contributed by atoms with Gasteiger partial charge < -0.3 is 9.84 Å². The lowest BCUT2D eigenvalue weighted by Crippen LogP contribution is -2.17. The summed E-state index contributed by atoms with van der Waals surface area (Å²) in [5.74, 6) is -0.326. The predicted octanol–water partition coefficient (Wildman–Crippen LogP) is 4.38. The van der Waals surface area contributed by atoms with Gasteiger partial charge in [-0.15, -0.1) is 24.5 Å². The smallest absolute Gasteiger partial charge is 0.406 e. The van der Waals surface area contributed by atoms with Crippen LogP contribution < -0.4 is 4.74 Å². The van der Waals surface area contributed by atoms with E-state index in [0.717, 1.165) is 12.1 Å². The number of aliphatic hydroxyl groups excluding tert-OH is 1. The molecular weight excluding hydrogens is 301 g/mol. The summed E-state index contributed by atoms with van der Waals surface area (Å²) in [4.78, 5) is 0.620. The minimum Gasteiger partial charge on any atom is -0.406 e. The summed E-state index contributed by atoms with van der Waals surface area (Å²) in [5.41, 5.74) is 0.466. The van der Waals surface area contributed by atoms with Gasteiger partial charge in [-0.05, 0) is 29.8 Å². The standard InChI is InChI=1S/C12H8ClF3O2S/c13-10-6-5-9(19-10)11(17)7-1-3-8(4-2-7)18-12(14,15)16/h1-6,11,17H. The maximum atomic E-state index is 12.0. The zero-order valence-corrected chi connectivity index (χ0v) is 10.9. The Balaban J connectivity index is 2.14. The number of halogens is 4. The molecule has 0 bridgehead atoms. The van der Waals surface area contributed by atoms with Crippen LogP contribution in [0.3, 0.4) is 0 Å². The Morgan fingerprint density at radius 2 is 1.74 bits per heavy atom. The average molecular weight is 309 g/mol. The Labute approximate surface area is 116 Å². The molecule has 2 aromatic rings. The molecule has 2 rings (SSSR count). The van der Waals surface area contributed by atoms with E-state index in [1.807, 2.05) is 0 Å². The highest BCUT2D eigenvalue weighted by molar-refractivity contribution is 7.16. The number of rotatable bonds is 3. The Hall–Kier alpha value is -1.24. The van der Waals surface area contributed by atoms with Crippen LogP contribution in [0.5, 0.6) is 5.75 Å². The number of hydrogen-bond donors (Lipinski definition) is 1. The summed E-state index contributed by atoms with van der Waals surface area (Å²) < 4.78 is 40.2. The molecule has 0 fully saturated rings. The van der Waals surface area contributed by atoms with Gasteiger partial charge in [0.1, 0.15) is 11.9 Å². The van der Waals surface area contributed by atoms with Gasteiger partial charge in [-0.1, -0.05) is 23.7 Å². The summed E-state index contributed by atoms with van der Waals surface area (Å²) in [6.45, 7) is 0. The van der Waals surface area contributed by atoms with E-state index in [-0.39, 0.29) is 5.75 Å². The highest BCUT2D eigenvalue weighted by Gasteiger charge is 2.31. The third-order valence-electron chi connectivity index (χ3n) is 2.29. The van der Waals surface area contributed by atoms with Crippen molar-refractivity contribution in [1.82, 2.24) is 0 Å². The lowest BCUT2D eigenvalue weighted by Gasteiger charge is -2.11. The molecule has 1 heterocycles. The van der Waals surface area contributed by atoms with E-state index in [1.54, 1.807) is 12.1 Å². The Morgan fingerprint density at radius 3 is 2.21 bits per heavy atom. The molecule has 1 N–H and O–H groups in total. The molecule has 0 saturated carbocycles. The summed E-state index contributed by atoms with van der Waals surface area (Å²) in [6.07, 6.45) is -5.64. The highest BCUT2D eigenvalue weighted by atomic mass is 35.5. The van der Waals surface area contributed by atoms with Gasteiger partial charge in [0, 0.05) is 4.88 Å². The molecule has 0 amide bonds. The van der Waals surface area contributed by atoms with Crippen LogP contribution in [0, 0.1) is 0 Å². The molecule has 0 saturated heterocycles. The zero-order valence-electron chi connectivity index (χ0n) is 9.32. The van der Waals surface area contributed by atoms with Gasteiger partial charge >= 0.3 is 6.36 Å². The fraction of sp³-hybridized carbons (Fsp3) is 0.167. The molecule has 0 aliphatic carbocycles. The topological polar surface area (TPSA) is 29.5 Å². The van der Waals surface area contributed by atoms with Gasteiger partial charge in [-0.2, -0.15) is 0 Å². The lowest BCUT2D eigenvalue weighted by atomic mass is 10.1. The van der Waals surface area contributed by atoms with Crippen molar-refractivity contribution in [2.75, 3.05) is 0 Å². The highest BCUT2D eigenvalue weighted by Crippen LogP contribution is 2.32. The van der Waals surface area contributed by atoms with E-state index in [9.17, 15) is 18.3 Å². The van der Waals surface area contributed by atoms with Crippen molar-refractivity contribution >= 4 is 22.9 Å². The van der Waals surface area contributed by atoms with Crippen molar-refractivity contribution in [1.29, 1.82) is 0 Å². The molecule has 2 nitrogen and oxygen atoms in total. The van der Waals surface area contributed by atoms with E-state index >= 15 is 0 Å². The van der Waals surface area contributed by atoms with Crippen LogP contribution >= 0.6 is 22.9 Å². The summed E-state index contributed by atoms with van der Waals surface area (Å²) in [7, 11) is 0. The summed E-state index contributed by atoms with van der Waals surface area (Å²) in [5, 5.41) is 10.0. The van der Waals surface area contributed by atoms with Gasteiger partial charge in [0.2, 0.25) is 0 Å². The molecule has 1 aromatic heterocycles. The molecule has 0 aliphatic heterocycles. The Kier molecular flexibility index (Phi) is 4.03. The first kappa shape index (κ1) is 14.2. The fourth-order valence-corrected chi connectivity index (χ4v) is 2.57. The van der Waals surface area contributed by atoms with E-state index in [2.05, 4.69) is 4.74 Å². The van der Waals surface area contributed by atoms with E-state index in [0.29, 0.717) is 14.8 Å². The fourth-order valence-electron chi connectivity index (χ4n) is 1.49. The monoisotopic (exact) mass is 308 g/mol. The van der Waals surface area contributed by atoms with Gasteiger partial charge in [-0.3, -0.25) is 0 Å². The van der Waals surface area contributed by atoms with Crippen LogP contribution in [0.2, 0.25) is 4.34 Å². The number of hydrogen-bond acceptors (Lipinski definition) is 3. The normalized spacial score (nSPS) is 13.3. The molecule has 1 aromatic carbocycles. The predicted molar refractivity (Wildman–Crippen MR) is 66.5 cm³/mol. The number of thiophene rings is 1. The third kappa shape index (κ3) is 3.86. The minimum atomic E-state index is -4.72. The van der Waals surface area contributed by atoms with E-state index in [1.165, 1.54) is 23.5 Å². The SMILES string of the molecule is OC(c1ccc(OC(F)(F)F)cc1)c1ccc(Cl)s1. The molecule has 7 heteroatoms. The van der Waals surface area contributed by atoms with Crippen LogP contribution in [0.15, 0.2) is 36.4 Å². The van der Waals surface area contributed by atoms with Gasteiger partial charge in [0.05, 0.1) is 4.34 Å². The molecule has 102 valence electrons. The van der Waals surface area contributed by atoms with Crippen molar-refractivity contribution in [3.63, 3.8) is 0 Å². The second-order valence-corrected chi connectivity index (χ2v) is 5.41. The van der Waals surface area contributed by atoms with Crippen molar-refractivity contribution in [3.8, 4) is 5.75 Å². The Morgan fingerprint density at radius 1 is 1.11 bits per heavy atom. The first-order valence-electron chi connectivity index (χ1n) is 5.14. The molecule has 1 atom stereocenters. The first-order chi connectivity index (χ1) is 8.85. The van der Waals surface area contributed by atoms with Crippen molar-refractivity contribution < 1.29 is 23.0 Å². The van der Waals surface area contributed by atoms with Crippen LogP contribution in [-0.2, 0) is 0 Å². The van der Waals surface area contributed by atoms with Gasteiger partial charge in [0.25, 0.3) is 0 Å².